The molecule has 0 heterocycles. The van der Waals surface area contributed by atoms with Gasteiger partial charge in [-0.1, -0.05) is 6.08 Å². The minimum Gasteiger partial charge on any atom is -0.265 e. The number of nitro groups is 1. The fourth-order valence-corrected chi connectivity index (χ4v) is 0.530. The number of hydrogen-bond acceptors (Lipinski definition) is 2. The van der Waals surface area contributed by atoms with Crippen molar-refractivity contribution in [2.24, 2.45) is 0 Å². The zero-order valence-electron chi connectivity index (χ0n) is 5.38. The van der Waals surface area contributed by atoms with Gasteiger partial charge in [0, 0.05) is 11.3 Å². The molecule has 0 atom stereocenters. The Kier molecular flexibility index (Phi) is 4.78. The van der Waals surface area contributed by atoms with Gasteiger partial charge in [0.1, 0.15) is 0 Å². The van der Waals surface area contributed by atoms with Crippen molar-refractivity contribution >= 4 is 0 Å². The number of unbranched alkanes of at least 4 members (excludes halogenated alkanes) is 2. The first-order chi connectivity index (χ1) is 4.27. The maximum absolute atomic E-state index is 9.74. The van der Waals surface area contributed by atoms with E-state index in [0.717, 1.165) is 12.8 Å². The van der Waals surface area contributed by atoms with Crippen LogP contribution in [0.3, 0.4) is 0 Å². The molecule has 0 aliphatic rings. The second-order valence-corrected chi connectivity index (χ2v) is 1.84. The standard InChI is InChI=1S/C6H11NO2/c1-2-3-4-5-6-7(8)9/h2H,1,3-6H2. The van der Waals surface area contributed by atoms with Gasteiger partial charge < -0.3 is 0 Å². The van der Waals surface area contributed by atoms with E-state index in [1.54, 1.807) is 6.08 Å². The molecule has 0 N–H and O–H groups in total. The summed E-state index contributed by atoms with van der Waals surface area (Å²) in [5.41, 5.74) is 0. The van der Waals surface area contributed by atoms with Crippen LogP contribution in [-0.2, 0) is 0 Å². The predicted octanol–water partition coefficient (Wildman–Crippen LogP) is 1.62. The normalized spacial score (nSPS) is 8.89. The molecule has 0 spiro atoms. The first kappa shape index (κ1) is 8.14. The lowest BCUT2D eigenvalue weighted by Crippen LogP contribution is -1.99. The van der Waals surface area contributed by atoms with Crippen LogP contribution in [0.4, 0.5) is 0 Å². The van der Waals surface area contributed by atoms with Crippen molar-refractivity contribution in [2.75, 3.05) is 6.54 Å². The highest BCUT2D eigenvalue weighted by Gasteiger charge is 1.93. The van der Waals surface area contributed by atoms with Gasteiger partial charge in [0.2, 0.25) is 6.54 Å². The molecule has 0 rings (SSSR count). The van der Waals surface area contributed by atoms with Gasteiger partial charge in [-0.05, 0) is 12.8 Å². The molecule has 52 valence electrons. The van der Waals surface area contributed by atoms with Crippen LogP contribution in [0.5, 0.6) is 0 Å². The fourth-order valence-electron chi connectivity index (χ4n) is 0.530. The Bertz CT molecular complexity index is 101. The van der Waals surface area contributed by atoms with Crippen molar-refractivity contribution in [3.8, 4) is 0 Å². The maximum atomic E-state index is 9.74. The predicted molar refractivity (Wildman–Crippen MR) is 35.9 cm³/mol. The van der Waals surface area contributed by atoms with E-state index >= 15 is 0 Å². The Balaban J connectivity index is 2.91. The lowest BCUT2D eigenvalue weighted by atomic mass is 10.2. The molecule has 0 saturated heterocycles. The van der Waals surface area contributed by atoms with E-state index in [9.17, 15) is 10.1 Å². The van der Waals surface area contributed by atoms with E-state index in [-0.39, 0.29) is 11.5 Å². The van der Waals surface area contributed by atoms with Crippen molar-refractivity contribution in [1.29, 1.82) is 0 Å². The molecule has 3 nitrogen and oxygen atoms in total. The van der Waals surface area contributed by atoms with Crippen LogP contribution >= 0.6 is 0 Å². The van der Waals surface area contributed by atoms with Crippen molar-refractivity contribution in [1.82, 2.24) is 0 Å². The summed E-state index contributed by atoms with van der Waals surface area (Å²) in [4.78, 5) is 9.45. The Morgan fingerprint density at radius 1 is 1.56 bits per heavy atom. The van der Waals surface area contributed by atoms with Gasteiger partial charge in [-0.25, -0.2) is 0 Å². The molecule has 0 saturated carbocycles. The van der Waals surface area contributed by atoms with Gasteiger partial charge in [0.15, 0.2) is 0 Å². The van der Waals surface area contributed by atoms with Crippen LogP contribution in [0.1, 0.15) is 19.3 Å². The summed E-state index contributed by atoms with van der Waals surface area (Å²) in [5, 5.41) is 9.74. The van der Waals surface area contributed by atoms with E-state index in [1.807, 2.05) is 0 Å². The van der Waals surface area contributed by atoms with E-state index < -0.39 is 0 Å². The van der Waals surface area contributed by atoms with Crippen LogP contribution in [0.2, 0.25) is 0 Å². The monoisotopic (exact) mass is 129 g/mol. The largest absolute Gasteiger partial charge is 0.265 e. The molecule has 0 radical (unpaired) electrons. The van der Waals surface area contributed by atoms with Crippen LogP contribution in [0.15, 0.2) is 12.7 Å². The molecule has 0 aromatic carbocycles. The van der Waals surface area contributed by atoms with Gasteiger partial charge in [0.25, 0.3) is 0 Å². The quantitative estimate of drug-likeness (QED) is 0.245. The molecule has 0 aromatic rings. The average Bonchev–Trinajstić information content (AvgIpc) is 1.80. The van der Waals surface area contributed by atoms with Crippen LogP contribution in [-0.4, -0.2) is 11.5 Å². The third kappa shape index (κ3) is 7.14. The number of hydrogen-bond donors (Lipinski definition) is 0. The highest BCUT2D eigenvalue weighted by molar-refractivity contribution is 4.64. The van der Waals surface area contributed by atoms with Crippen LogP contribution in [0, 0.1) is 10.1 Å². The molecule has 9 heavy (non-hydrogen) atoms. The van der Waals surface area contributed by atoms with E-state index in [2.05, 4.69) is 6.58 Å². The lowest BCUT2D eigenvalue weighted by molar-refractivity contribution is -0.480. The second-order valence-electron chi connectivity index (χ2n) is 1.84. The summed E-state index contributed by atoms with van der Waals surface area (Å²) in [5.74, 6) is 0. The van der Waals surface area contributed by atoms with Crippen molar-refractivity contribution < 1.29 is 4.92 Å². The molecule has 0 amide bonds. The Labute approximate surface area is 54.5 Å². The Morgan fingerprint density at radius 2 is 2.22 bits per heavy atom. The van der Waals surface area contributed by atoms with Crippen LogP contribution in [0.25, 0.3) is 0 Å². The zero-order valence-corrected chi connectivity index (χ0v) is 5.38. The van der Waals surface area contributed by atoms with Crippen molar-refractivity contribution in [2.45, 2.75) is 19.3 Å². The van der Waals surface area contributed by atoms with E-state index in [0.29, 0.717) is 6.42 Å². The van der Waals surface area contributed by atoms with Gasteiger partial charge in [-0.3, -0.25) is 10.1 Å². The topological polar surface area (TPSA) is 43.1 Å². The SMILES string of the molecule is C=CCCCC[N+](=O)[O-]. The first-order valence-corrected chi connectivity index (χ1v) is 3.00. The second kappa shape index (κ2) is 5.28. The van der Waals surface area contributed by atoms with Crippen LogP contribution < -0.4 is 0 Å². The molecule has 0 aromatic heterocycles. The number of allylic oxidation sites excluding steroid dienone is 1. The molecule has 0 fully saturated rings. The smallest absolute Gasteiger partial charge is 0.203 e. The van der Waals surface area contributed by atoms with Crippen molar-refractivity contribution in [3.63, 3.8) is 0 Å². The fraction of sp³-hybridized carbons (Fsp3) is 0.667. The summed E-state index contributed by atoms with van der Waals surface area (Å²) in [6.45, 7) is 3.60. The summed E-state index contributed by atoms with van der Waals surface area (Å²) < 4.78 is 0. The summed E-state index contributed by atoms with van der Waals surface area (Å²) in [7, 11) is 0. The molecule has 0 aliphatic carbocycles. The highest BCUT2D eigenvalue weighted by Crippen LogP contribution is 1.94. The lowest BCUT2D eigenvalue weighted by Gasteiger charge is -1.89. The van der Waals surface area contributed by atoms with Gasteiger partial charge >= 0.3 is 0 Å². The van der Waals surface area contributed by atoms with Gasteiger partial charge in [-0.2, -0.15) is 0 Å². The molecule has 0 unspecified atom stereocenters. The molecule has 0 bridgehead atoms. The Morgan fingerprint density at radius 3 is 2.67 bits per heavy atom. The third-order valence-corrected chi connectivity index (χ3v) is 0.999. The highest BCUT2D eigenvalue weighted by atomic mass is 16.6. The van der Waals surface area contributed by atoms with E-state index in [1.165, 1.54) is 0 Å². The zero-order chi connectivity index (χ0) is 7.11. The minimum atomic E-state index is -0.289. The van der Waals surface area contributed by atoms with Gasteiger partial charge in [0.05, 0.1) is 0 Å². The third-order valence-electron chi connectivity index (χ3n) is 0.999. The van der Waals surface area contributed by atoms with Gasteiger partial charge in [-0.15, -0.1) is 6.58 Å². The molecule has 0 aliphatic heterocycles. The molecular weight excluding hydrogens is 118 g/mol. The summed E-state index contributed by atoms with van der Waals surface area (Å²) >= 11 is 0. The minimum absolute atomic E-state index is 0.0911. The first-order valence-electron chi connectivity index (χ1n) is 3.00. The summed E-state index contributed by atoms with van der Waals surface area (Å²) in [6, 6.07) is 0. The number of rotatable bonds is 5. The average molecular weight is 129 g/mol. The Hall–Kier alpha value is -0.860. The van der Waals surface area contributed by atoms with E-state index in [4.69, 9.17) is 0 Å². The molecule has 3 heteroatoms. The summed E-state index contributed by atoms with van der Waals surface area (Å²) in [6.07, 6.45) is 4.21. The van der Waals surface area contributed by atoms with Crippen molar-refractivity contribution in [3.05, 3.63) is 22.8 Å². The maximum Gasteiger partial charge on any atom is 0.203 e. The molecular formula is C6H11NO2. The number of nitrogens with zero attached hydrogens (tertiary/aromatic N) is 1.